The van der Waals surface area contributed by atoms with E-state index in [4.69, 9.17) is 9.26 Å². The van der Waals surface area contributed by atoms with Crippen LogP contribution in [0.3, 0.4) is 0 Å². The molecule has 8 nitrogen and oxygen atoms in total. The van der Waals surface area contributed by atoms with Crippen LogP contribution in [0.25, 0.3) is 0 Å². The van der Waals surface area contributed by atoms with Crippen molar-refractivity contribution in [2.75, 3.05) is 18.5 Å². The van der Waals surface area contributed by atoms with Gasteiger partial charge in [0.1, 0.15) is 5.76 Å². The Bertz CT molecular complexity index is 972. The number of anilines is 1. The molecule has 2 aromatic rings. The molecule has 0 radical (unpaired) electrons. The summed E-state index contributed by atoms with van der Waals surface area (Å²) >= 11 is 1.51. The van der Waals surface area contributed by atoms with E-state index in [0.717, 1.165) is 24.1 Å². The number of thiophene rings is 1. The molecule has 9 heteroatoms. The molecule has 1 saturated heterocycles. The highest BCUT2D eigenvalue weighted by Crippen LogP contribution is 2.50. The molecule has 1 aliphatic carbocycles. The van der Waals surface area contributed by atoms with Gasteiger partial charge in [-0.2, -0.15) is 0 Å². The highest BCUT2D eigenvalue weighted by atomic mass is 32.1. The van der Waals surface area contributed by atoms with Gasteiger partial charge in [-0.05, 0) is 43.6 Å². The van der Waals surface area contributed by atoms with Gasteiger partial charge in [-0.25, -0.2) is 4.79 Å². The van der Waals surface area contributed by atoms with Gasteiger partial charge in [0, 0.05) is 47.5 Å². The molecule has 1 saturated carbocycles. The van der Waals surface area contributed by atoms with E-state index in [1.54, 1.807) is 17.9 Å². The first kappa shape index (κ1) is 22.8. The number of rotatable bonds is 6. The highest BCUT2D eigenvalue weighted by molar-refractivity contribution is 7.10. The fourth-order valence-electron chi connectivity index (χ4n) is 4.93. The van der Waals surface area contributed by atoms with Crippen LogP contribution in [-0.4, -0.2) is 52.5 Å². The monoisotopic (exact) mass is 461 g/mol. The van der Waals surface area contributed by atoms with Gasteiger partial charge < -0.3 is 24.6 Å². The number of amides is 2. The predicted octanol–water partition coefficient (Wildman–Crippen LogP) is 4.97. The van der Waals surface area contributed by atoms with Crippen LogP contribution < -0.4 is 5.32 Å². The molecule has 2 N–H and O–H groups in total. The first-order valence-electron chi connectivity index (χ1n) is 11.1. The standard InChI is InChI=1S/C23H31N3O5S/c1-13-9-19(25-31-13)24-21(27)15-10-18(32-12-15)16-11-17(16)26(22(28)29)20(23(2,3)4)14-5-7-30-8-6-14/h9-10,12,14,16-17,20H,5-8,11H2,1-4H3,(H,28,29)(H,24,25,27)/t16-,17-,20?/m1/s1. The van der Waals surface area contributed by atoms with E-state index in [2.05, 4.69) is 31.2 Å². The second-order valence-electron chi connectivity index (χ2n) is 9.87. The van der Waals surface area contributed by atoms with Crippen molar-refractivity contribution >= 4 is 29.2 Å². The van der Waals surface area contributed by atoms with E-state index in [0.29, 0.717) is 30.4 Å². The number of nitrogens with one attached hydrogen (secondary N) is 1. The number of aromatic nitrogens is 1. The molecular formula is C23H31N3O5S. The van der Waals surface area contributed by atoms with E-state index in [1.807, 2.05) is 11.4 Å². The van der Waals surface area contributed by atoms with Gasteiger partial charge in [0.05, 0.1) is 5.56 Å². The summed E-state index contributed by atoms with van der Waals surface area (Å²) in [6.45, 7) is 9.51. The fourth-order valence-corrected chi connectivity index (χ4v) is 5.99. The van der Waals surface area contributed by atoms with Crippen molar-refractivity contribution in [3.05, 3.63) is 33.7 Å². The molecule has 0 spiro atoms. The van der Waals surface area contributed by atoms with E-state index in [1.165, 1.54) is 11.3 Å². The van der Waals surface area contributed by atoms with Gasteiger partial charge in [-0.1, -0.05) is 25.9 Å². The SMILES string of the molecule is Cc1cc(NC(=O)c2csc([C@@H]3C[C@H]3N(C(=O)O)C(C3CCOCC3)C(C)(C)C)c2)no1. The topological polar surface area (TPSA) is 105 Å². The van der Waals surface area contributed by atoms with E-state index < -0.39 is 6.09 Å². The van der Waals surface area contributed by atoms with Crippen molar-refractivity contribution in [1.29, 1.82) is 0 Å². The van der Waals surface area contributed by atoms with Crippen molar-refractivity contribution in [2.24, 2.45) is 11.3 Å². The molecular weight excluding hydrogens is 430 g/mol. The number of carboxylic acid groups (broad SMARTS) is 1. The zero-order valence-corrected chi connectivity index (χ0v) is 19.8. The average Bonchev–Trinajstić information content (AvgIpc) is 3.14. The maximum atomic E-state index is 12.5. The molecule has 0 aromatic carbocycles. The van der Waals surface area contributed by atoms with E-state index in [-0.39, 0.29) is 35.2 Å². The van der Waals surface area contributed by atoms with Crippen LogP contribution in [-0.2, 0) is 4.74 Å². The third kappa shape index (κ3) is 4.83. The Hall–Kier alpha value is -2.39. The highest BCUT2D eigenvalue weighted by Gasteiger charge is 2.52. The maximum absolute atomic E-state index is 12.5. The molecule has 2 aromatic heterocycles. The van der Waals surface area contributed by atoms with E-state index >= 15 is 0 Å². The Labute approximate surface area is 191 Å². The Morgan fingerprint density at radius 2 is 2.00 bits per heavy atom. The van der Waals surface area contributed by atoms with Crippen LogP contribution in [0.1, 0.15) is 66.9 Å². The lowest BCUT2D eigenvalue weighted by molar-refractivity contribution is -0.0100. The molecule has 32 heavy (non-hydrogen) atoms. The summed E-state index contributed by atoms with van der Waals surface area (Å²) in [6, 6.07) is 3.40. The van der Waals surface area contributed by atoms with Crippen LogP contribution >= 0.6 is 11.3 Å². The van der Waals surface area contributed by atoms with Gasteiger partial charge in [-0.3, -0.25) is 4.79 Å². The van der Waals surface area contributed by atoms with Crippen LogP contribution in [0.15, 0.2) is 22.0 Å². The summed E-state index contributed by atoms with van der Waals surface area (Å²) in [5, 5.41) is 18.5. The van der Waals surface area contributed by atoms with Gasteiger partial charge in [0.25, 0.3) is 5.91 Å². The lowest BCUT2D eigenvalue weighted by Crippen LogP contribution is -2.53. The molecule has 3 atom stereocenters. The van der Waals surface area contributed by atoms with E-state index in [9.17, 15) is 14.7 Å². The average molecular weight is 462 g/mol. The van der Waals surface area contributed by atoms with Gasteiger partial charge in [-0.15, -0.1) is 11.3 Å². The number of nitrogens with zero attached hydrogens (tertiary/aromatic N) is 2. The Morgan fingerprint density at radius 1 is 1.28 bits per heavy atom. The molecule has 2 aliphatic rings. The summed E-state index contributed by atoms with van der Waals surface area (Å²) in [5.74, 6) is 1.17. The molecule has 0 bridgehead atoms. The maximum Gasteiger partial charge on any atom is 0.407 e. The van der Waals surface area contributed by atoms with Crippen LogP contribution in [0.5, 0.6) is 0 Å². The molecule has 4 rings (SSSR count). The molecule has 1 unspecified atom stereocenters. The lowest BCUT2D eigenvalue weighted by Gasteiger charge is -2.45. The Balaban J connectivity index is 1.48. The fraction of sp³-hybridized carbons (Fsp3) is 0.609. The zero-order chi connectivity index (χ0) is 23.0. The summed E-state index contributed by atoms with van der Waals surface area (Å²) in [7, 11) is 0. The third-order valence-corrected chi connectivity index (χ3v) is 7.42. The number of carbonyl (C=O) groups excluding carboxylic acids is 1. The third-order valence-electron chi connectivity index (χ3n) is 6.35. The zero-order valence-electron chi connectivity index (χ0n) is 19.0. The largest absolute Gasteiger partial charge is 0.465 e. The quantitative estimate of drug-likeness (QED) is 0.629. The van der Waals surface area contributed by atoms with Gasteiger partial charge in [0.2, 0.25) is 0 Å². The molecule has 2 amide bonds. The van der Waals surface area contributed by atoms with Crippen molar-refractivity contribution in [3.63, 3.8) is 0 Å². The number of ether oxygens (including phenoxy) is 1. The van der Waals surface area contributed by atoms with Crippen molar-refractivity contribution in [3.8, 4) is 0 Å². The Kier molecular flexibility index (Phi) is 6.31. The number of aryl methyl sites for hydroxylation is 1. The number of hydrogen-bond donors (Lipinski definition) is 2. The second kappa shape index (κ2) is 8.86. The minimum absolute atomic E-state index is 0.0627. The first-order chi connectivity index (χ1) is 15.1. The first-order valence-corrected chi connectivity index (χ1v) is 11.9. The van der Waals surface area contributed by atoms with Gasteiger partial charge in [0.15, 0.2) is 5.82 Å². The smallest absolute Gasteiger partial charge is 0.407 e. The Morgan fingerprint density at radius 3 is 2.59 bits per heavy atom. The van der Waals surface area contributed by atoms with Crippen LogP contribution in [0.4, 0.5) is 10.6 Å². The molecule has 1 aliphatic heterocycles. The van der Waals surface area contributed by atoms with Crippen molar-refractivity contribution in [1.82, 2.24) is 10.1 Å². The number of carbonyl (C=O) groups is 2. The summed E-state index contributed by atoms with van der Waals surface area (Å²) in [4.78, 5) is 27.7. The van der Waals surface area contributed by atoms with Gasteiger partial charge >= 0.3 is 6.09 Å². The minimum atomic E-state index is -0.861. The number of hydrogen-bond acceptors (Lipinski definition) is 6. The predicted molar refractivity (Wildman–Crippen MR) is 121 cm³/mol. The lowest BCUT2D eigenvalue weighted by atomic mass is 9.75. The second-order valence-corrected chi connectivity index (χ2v) is 10.8. The van der Waals surface area contributed by atoms with Crippen LogP contribution in [0, 0.1) is 18.3 Å². The summed E-state index contributed by atoms with van der Waals surface area (Å²) in [6.07, 6.45) is 1.69. The van der Waals surface area contributed by atoms with Crippen molar-refractivity contribution in [2.45, 2.75) is 65.0 Å². The van der Waals surface area contributed by atoms with Crippen LogP contribution in [0.2, 0.25) is 0 Å². The minimum Gasteiger partial charge on any atom is -0.465 e. The normalized spacial score (nSPS) is 22.4. The summed E-state index contributed by atoms with van der Waals surface area (Å²) in [5.41, 5.74) is 0.374. The van der Waals surface area contributed by atoms with Crippen molar-refractivity contribution < 1.29 is 24.0 Å². The molecule has 3 heterocycles. The molecule has 2 fully saturated rings. The molecule has 174 valence electrons. The summed E-state index contributed by atoms with van der Waals surface area (Å²) < 4.78 is 10.5.